The zero-order valence-electron chi connectivity index (χ0n) is 13.1. The first kappa shape index (κ1) is 16.2. The maximum absolute atomic E-state index is 12.3. The van der Waals surface area contributed by atoms with Gasteiger partial charge in [0.25, 0.3) is 0 Å². The summed E-state index contributed by atoms with van der Waals surface area (Å²) in [5.74, 6) is -0.248. The van der Waals surface area contributed by atoms with E-state index in [-0.39, 0.29) is 17.9 Å². The lowest BCUT2D eigenvalue weighted by Crippen LogP contribution is -2.43. The first-order valence-electron chi connectivity index (χ1n) is 7.61. The molecule has 0 bridgehead atoms. The number of nitrogens with one attached hydrogen (secondary N) is 1. The van der Waals surface area contributed by atoms with Crippen LogP contribution >= 0.6 is 0 Å². The molecule has 5 heteroatoms. The van der Waals surface area contributed by atoms with Crippen LogP contribution in [0.15, 0.2) is 36.4 Å². The second-order valence-corrected chi connectivity index (χ2v) is 5.63. The van der Waals surface area contributed by atoms with Crippen LogP contribution in [0.3, 0.4) is 0 Å². The Labute approximate surface area is 131 Å². The monoisotopic (exact) mass is 301 g/mol. The topological polar surface area (TPSA) is 75.4 Å². The zero-order chi connectivity index (χ0) is 16.1. The molecule has 0 spiro atoms. The molecule has 0 aliphatic carbocycles. The van der Waals surface area contributed by atoms with Gasteiger partial charge < -0.3 is 16.0 Å². The van der Waals surface area contributed by atoms with Gasteiger partial charge in [0.15, 0.2) is 0 Å². The van der Waals surface area contributed by atoms with Gasteiger partial charge in [-0.2, -0.15) is 0 Å². The minimum absolute atomic E-state index is 0.0373. The lowest BCUT2D eigenvalue weighted by molar-refractivity contribution is -0.126. The van der Waals surface area contributed by atoms with Gasteiger partial charge in [0.05, 0.1) is 6.04 Å². The Morgan fingerprint density at radius 1 is 1.32 bits per heavy atom. The molecule has 1 aromatic rings. The van der Waals surface area contributed by atoms with E-state index in [1.165, 1.54) is 11.1 Å². The number of hydrogen-bond donors (Lipinski definition) is 2. The predicted octanol–water partition coefficient (Wildman–Crippen LogP) is 1.33. The number of rotatable bonds is 5. The zero-order valence-corrected chi connectivity index (χ0v) is 13.1. The molecule has 1 aliphatic rings. The van der Waals surface area contributed by atoms with Crippen molar-refractivity contribution >= 4 is 11.8 Å². The Morgan fingerprint density at radius 3 is 2.41 bits per heavy atom. The van der Waals surface area contributed by atoms with Gasteiger partial charge in [-0.3, -0.25) is 9.59 Å². The largest absolute Gasteiger partial charge is 0.349 e. The number of fused-ring (bicyclic) bond motifs is 1. The van der Waals surface area contributed by atoms with E-state index < -0.39 is 6.04 Å². The number of nitrogens with zero attached hydrogens (tertiary/aromatic N) is 1. The molecule has 1 heterocycles. The number of carbonyl (C=O) groups is 2. The van der Waals surface area contributed by atoms with Crippen LogP contribution in [0.1, 0.15) is 31.4 Å². The van der Waals surface area contributed by atoms with Gasteiger partial charge in [-0.1, -0.05) is 37.3 Å². The van der Waals surface area contributed by atoms with Crippen molar-refractivity contribution in [3.05, 3.63) is 47.5 Å². The van der Waals surface area contributed by atoms with Gasteiger partial charge in [0.2, 0.25) is 11.8 Å². The maximum Gasteiger partial charge on any atom is 0.246 e. The summed E-state index contributed by atoms with van der Waals surface area (Å²) in [7, 11) is 0. The van der Waals surface area contributed by atoms with Crippen LogP contribution < -0.4 is 11.1 Å². The SMILES string of the molecule is CC[C@@H](/C=C/C(=O)N1Cc2ccccc2C1)NC(=O)[C@H](C)N. The van der Waals surface area contributed by atoms with Gasteiger partial charge in [-0.15, -0.1) is 0 Å². The van der Waals surface area contributed by atoms with Crippen molar-refractivity contribution in [2.24, 2.45) is 5.73 Å². The molecule has 0 unspecified atom stereocenters. The van der Waals surface area contributed by atoms with E-state index in [1.54, 1.807) is 24.0 Å². The van der Waals surface area contributed by atoms with E-state index in [0.717, 1.165) is 0 Å². The van der Waals surface area contributed by atoms with E-state index in [4.69, 9.17) is 5.73 Å². The smallest absolute Gasteiger partial charge is 0.246 e. The molecule has 1 aliphatic heterocycles. The van der Waals surface area contributed by atoms with Crippen molar-refractivity contribution in [2.45, 2.75) is 45.4 Å². The summed E-state index contributed by atoms with van der Waals surface area (Å²) >= 11 is 0. The number of hydrogen-bond acceptors (Lipinski definition) is 3. The third-order valence-corrected chi connectivity index (χ3v) is 3.80. The van der Waals surface area contributed by atoms with Crippen molar-refractivity contribution < 1.29 is 9.59 Å². The van der Waals surface area contributed by atoms with Gasteiger partial charge >= 0.3 is 0 Å². The molecule has 1 aromatic carbocycles. The molecule has 0 saturated heterocycles. The molecule has 2 amide bonds. The average molecular weight is 301 g/mol. The lowest BCUT2D eigenvalue weighted by Gasteiger charge is -2.16. The normalized spacial score (nSPS) is 16.4. The van der Waals surface area contributed by atoms with E-state index in [2.05, 4.69) is 5.32 Å². The van der Waals surface area contributed by atoms with Crippen LogP contribution in [-0.4, -0.2) is 28.8 Å². The van der Waals surface area contributed by atoms with Crippen molar-refractivity contribution in [2.75, 3.05) is 0 Å². The van der Waals surface area contributed by atoms with Crippen molar-refractivity contribution in [1.29, 1.82) is 0 Å². The Kier molecular flexibility index (Phi) is 5.33. The molecule has 0 aromatic heterocycles. The summed E-state index contributed by atoms with van der Waals surface area (Å²) < 4.78 is 0. The summed E-state index contributed by atoms with van der Waals surface area (Å²) in [5, 5.41) is 2.81. The Morgan fingerprint density at radius 2 is 1.91 bits per heavy atom. The Bertz CT molecular complexity index is 556. The van der Waals surface area contributed by atoms with Crippen LogP contribution in [0.2, 0.25) is 0 Å². The fourth-order valence-electron chi connectivity index (χ4n) is 2.39. The molecule has 0 saturated carbocycles. The molecule has 2 atom stereocenters. The van der Waals surface area contributed by atoms with E-state index in [9.17, 15) is 9.59 Å². The number of nitrogens with two attached hydrogens (primary N) is 1. The van der Waals surface area contributed by atoms with Gasteiger partial charge in [-0.25, -0.2) is 0 Å². The average Bonchev–Trinajstić information content (AvgIpc) is 2.94. The minimum atomic E-state index is -0.550. The second-order valence-electron chi connectivity index (χ2n) is 5.63. The molecule has 3 N–H and O–H groups in total. The number of benzene rings is 1. The van der Waals surface area contributed by atoms with Gasteiger partial charge in [-0.05, 0) is 24.5 Å². The summed E-state index contributed by atoms with van der Waals surface area (Å²) in [5.41, 5.74) is 7.92. The third kappa shape index (κ3) is 3.95. The number of amides is 2. The third-order valence-electron chi connectivity index (χ3n) is 3.80. The minimum Gasteiger partial charge on any atom is -0.349 e. The molecule has 0 radical (unpaired) electrons. The Balaban J connectivity index is 1.92. The van der Waals surface area contributed by atoms with Crippen LogP contribution in [-0.2, 0) is 22.7 Å². The van der Waals surface area contributed by atoms with Gasteiger partial charge in [0.1, 0.15) is 0 Å². The number of carbonyl (C=O) groups excluding carboxylic acids is 2. The molecular weight excluding hydrogens is 278 g/mol. The van der Waals surface area contributed by atoms with Crippen molar-refractivity contribution in [3.63, 3.8) is 0 Å². The van der Waals surface area contributed by atoms with Crippen LogP contribution in [0.5, 0.6) is 0 Å². The summed E-state index contributed by atoms with van der Waals surface area (Å²) in [4.78, 5) is 25.6. The lowest BCUT2D eigenvalue weighted by atomic mass is 10.1. The second kappa shape index (κ2) is 7.22. The molecule has 0 fully saturated rings. The van der Waals surface area contributed by atoms with Crippen molar-refractivity contribution in [3.8, 4) is 0 Å². The van der Waals surface area contributed by atoms with Crippen molar-refractivity contribution in [1.82, 2.24) is 10.2 Å². The molecule has 22 heavy (non-hydrogen) atoms. The first-order valence-corrected chi connectivity index (χ1v) is 7.61. The van der Waals surface area contributed by atoms with E-state index in [1.807, 2.05) is 31.2 Å². The van der Waals surface area contributed by atoms with Crippen LogP contribution in [0.4, 0.5) is 0 Å². The van der Waals surface area contributed by atoms with E-state index in [0.29, 0.717) is 19.5 Å². The molecule has 5 nitrogen and oxygen atoms in total. The quantitative estimate of drug-likeness (QED) is 0.806. The first-order chi connectivity index (χ1) is 10.5. The fourth-order valence-corrected chi connectivity index (χ4v) is 2.39. The highest BCUT2D eigenvalue weighted by atomic mass is 16.2. The maximum atomic E-state index is 12.3. The highest BCUT2D eigenvalue weighted by Gasteiger charge is 2.21. The molecular formula is C17H23N3O2. The standard InChI is InChI=1S/C17H23N3O2/c1-3-15(19-17(22)12(2)18)8-9-16(21)20-10-13-6-4-5-7-14(13)11-20/h4-9,12,15H,3,10-11,18H2,1-2H3,(H,19,22)/b9-8+/t12-,15-/m0/s1. The summed E-state index contributed by atoms with van der Waals surface area (Å²) in [6, 6.07) is 7.34. The van der Waals surface area contributed by atoms with Crippen LogP contribution in [0, 0.1) is 0 Å². The molecule has 118 valence electrons. The predicted molar refractivity (Wildman–Crippen MR) is 85.7 cm³/mol. The highest BCUT2D eigenvalue weighted by molar-refractivity contribution is 5.88. The summed E-state index contributed by atoms with van der Waals surface area (Å²) in [6.07, 6.45) is 4.00. The molecule has 2 rings (SSSR count). The fraction of sp³-hybridized carbons (Fsp3) is 0.412. The van der Waals surface area contributed by atoms with E-state index >= 15 is 0 Å². The van der Waals surface area contributed by atoms with Gasteiger partial charge in [0, 0.05) is 25.2 Å². The Hall–Kier alpha value is -2.14. The highest BCUT2D eigenvalue weighted by Crippen LogP contribution is 2.22. The van der Waals surface area contributed by atoms with Crippen LogP contribution in [0.25, 0.3) is 0 Å². The summed E-state index contributed by atoms with van der Waals surface area (Å²) in [6.45, 7) is 4.87.